The van der Waals surface area contributed by atoms with E-state index in [1.807, 2.05) is 0 Å². The molecule has 0 bridgehead atoms. The fraction of sp³-hybridized carbons (Fsp3) is 0.500. The maximum atomic E-state index is 11.3. The number of rotatable bonds is 1. The third-order valence-corrected chi connectivity index (χ3v) is 4.42. The number of amides is 1. The second kappa shape index (κ2) is 5.13. The topological polar surface area (TPSA) is 49.8 Å². The molecule has 0 aromatic heterocycles. The SMILES string of the molecule is O=C(O)N1CCC[C@H]1c1cc(Br)cc2c1COCC2. The fourth-order valence-electron chi connectivity index (χ4n) is 3.09. The van der Waals surface area contributed by atoms with Crippen molar-refractivity contribution in [1.82, 2.24) is 4.90 Å². The van der Waals surface area contributed by atoms with Gasteiger partial charge in [0.1, 0.15) is 0 Å². The molecule has 2 aliphatic rings. The van der Waals surface area contributed by atoms with E-state index < -0.39 is 6.09 Å². The summed E-state index contributed by atoms with van der Waals surface area (Å²) in [5.41, 5.74) is 3.59. The Labute approximate surface area is 120 Å². The van der Waals surface area contributed by atoms with Gasteiger partial charge in [-0.1, -0.05) is 15.9 Å². The molecule has 2 heterocycles. The van der Waals surface area contributed by atoms with Crippen molar-refractivity contribution in [3.8, 4) is 0 Å². The van der Waals surface area contributed by atoms with E-state index in [0.717, 1.165) is 35.9 Å². The minimum atomic E-state index is -0.826. The first-order valence-electron chi connectivity index (χ1n) is 6.55. The zero-order valence-corrected chi connectivity index (χ0v) is 12.1. The smallest absolute Gasteiger partial charge is 0.407 e. The van der Waals surface area contributed by atoms with Gasteiger partial charge in [-0.25, -0.2) is 4.79 Å². The molecule has 5 heteroatoms. The lowest BCUT2D eigenvalue weighted by Gasteiger charge is -2.27. The Morgan fingerprint density at radius 1 is 1.47 bits per heavy atom. The summed E-state index contributed by atoms with van der Waals surface area (Å²) in [5.74, 6) is 0. The Kier molecular flexibility index (Phi) is 3.50. The Bertz CT molecular complexity index is 518. The van der Waals surface area contributed by atoms with E-state index in [1.165, 1.54) is 11.1 Å². The highest BCUT2D eigenvalue weighted by Crippen LogP contribution is 2.38. The number of hydrogen-bond donors (Lipinski definition) is 1. The number of nitrogens with zero attached hydrogens (tertiary/aromatic N) is 1. The summed E-state index contributed by atoms with van der Waals surface area (Å²) in [6.07, 6.45) is 1.91. The van der Waals surface area contributed by atoms with Crippen molar-refractivity contribution >= 4 is 22.0 Å². The largest absolute Gasteiger partial charge is 0.465 e. The Balaban J connectivity index is 2.04. The normalized spacial score (nSPS) is 22.4. The van der Waals surface area contributed by atoms with Crippen molar-refractivity contribution in [2.75, 3.05) is 13.2 Å². The standard InChI is InChI=1S/C14H16BrNO3/c15-10-6-9-3-5-19-8-12(9)11(7-10)13-2-1-4-16(13)14(17)18/h6-7,13H,1-5,8H2,(H,17,18)/t13-/m0/s1. The minimum absolute atomic E-state index is 0.0227. The summed E-state index contributed by atoms with van der Waals surface area (Å²) in [6.45, 7) is 1.97. The Morgan fingerprint density at radius 2 is 2.32 bits per heavy atom. The van der Waals surface area contributed by atoms with Crippen LogP contribution in [0.1, 0.15) is 35.6 Å². The molecule has 2 aliphatic heterocycles. The van der Waals surface area contributed by atoms with Gasteiger partial charge in [0.25, 0.3) is 0 Å². The lowest BCUT2D eigenvalue weighted by molar-refractivity contribution is 0.107. The predicted octanol–water partition coefficient (Wildman–Crippen LogP) is 3.34. The molecule has 102 valence electrons. The molecule has 1 amide bonds. The summed E-state index contributed by atoms with van der Waals surface area (Å²) in [7, 11) is 0. The van der Waals surface area contributed by atoms with Gasteiger partial charge in [0.05, 0.1) is 19.3 Å². The number of ether oxygens (including phenoxy) is 1. The molecule has 1 fully saturated rings. The molecule has 1 N–H and O–H groups in total. The zero-order valence-electron chi connectivity index (χ0n) is 10.6. The molecule has 0 spiro atoms. The Morgan fingerprint density at radius 3 is 3.11 bits per heavy atom. The third-order valence-electron chi connectivity index (χ3n) is 3.96. The van der Waals surface area contributed by atoms with Crippen LogP contribution < -0.4 is 0 Å². The van der Waals surface area contributed by atoms with Crippen LogP contribution in [0.3, 0.4) is 0 Å². The summed E-state index contributed by atoms with van der Waals surface area (Å²) >= 11 is 3.54. The van der Waals surface area contributed by atoms with Gasteiger partial charge in [-0.15, -0.1) is 0 Å². The second-order valence-corrected chi connectivity index (χ2v) is 5.98. The lowest BCUT2D eigenvalue weighted by atomic mass is 9.92. The first-order valence-corrected chi connectivity index (χ1v) is 7.34. The highest BCUT2D eigenvalue weighted by molar-refractivity contribution is 9.10. The summed E-state index contributed by atoms with van der Waals surface area (Å²) in [6, 6.07) is 4.16. The summed E-state index contributed by atoms with van der Waals surface area (Å²) in [4.78, 5) is 12.9. The van der Waals surface area contributed by atoms with E-state index in [9.17, 15) is 9.90 Å². The van der Waals surface area contributed by atoms with Gasteiger partial charge in [0.2, 0.25) is 0 Å². The van der Waals surface area contributed by atoms with E-state index in [4.69, 9.17) is 4.74 Å². The summed E-state index contributed by atoms with van der Waals surface area (Å²) in [5, 5.41) is 9.30. The molecule has 0 saturated carbocycles. The van der Waals surface area contributed by atoms with E-state index >= 15 is 0 Å². The molecule has 1 atom stereocenters. The highest BCUT2D eigenvalue weighted by atomic mass is 79.9. The molecule has 19 heavy (non-hydrogen) atoms. The van der Waals surface area contributed by atoms with Gasteiger partial charge >= 0.3 is 6.09 Å². The molecule has 1 aromatic carbocycles. The van der Waals surface area contributed by atoms with Gasteiger partial charge in [0.15, 0.2) is 0 Å². The lowest BCUT2D eigenvalue weighted by Crippen LogP contribution is -2.30. The Hall–Kier alpha value is -1.07. The molecule has 0 unspecified atom stereocenters. The van der Waals surface area contributed by atoms with Crippen molar-refractivity contribution in [2.45, 2.75) is 31.9 Å². The van der Waals surface area contributed by atoms with Crippen molar-refractivity contribution in [3.05, 3.63) is 33.3 Å². The molecule has 1 aromatic rings. The number of fused-ring (bicyclic) bond motifs is 1. The first kappa shape index (κ1) is 12.9. The van der Waals surface area contributed by atoms with Crippen LogP contribution in [0.4, 0.5) is 4.79 Å². The molecule has 0 radical (unpaired) electrons. The van der Waals surface area contributed by atoms with Crippen LogP contribution in [-0.2, 0) is 17.8 Å². The number of hydrogen-bond acceptors (Lipinski definition) is 2. The van der Waals surface area contributed by atoms with Crippen LogP contribution in [0.2, 0.25) is 0 Å². The van der Waals surface area contributed by atoms with Crippen molar-refractivity contribution in [1.29, 1.82) is 0 Å². The highest BCUT2D eigenvalue weighted by Gasteiger charge is 2.32. The van der Waals surface area contributed by atoms with E-state index in [1.54, 1.807) is 4.90 Å². The number of carboxylic acid groups (broad SMARTS) is 1. The first-order chi connectivity index (χ1) is 9.16. The van der Waals surface area contributed by atoms with Crippen molar-refractivity contribution in [2.24, 2.45) is 0 Å². The monoisotopic (exact) mass is 325 g/mol. The quantitative estimate of drug-likeness (QED) is 0.861. The predicted molar refractivity (Wildman–Crippen MR) is 74.2 cm³/mol. The van der Waals surface area contributed by atoms with Crippen LogP contribution in [0.5, 0.6) is 0 Å². The van der Waals surface area contributed by atoms with E-state index in [-0.39, 0.29) is 6.04 Å². The molecular formula is C14H16BrNO3. The third kappa shape index (κ3) is 2.37. The summed E-state index contributed by atoms with van der Waals surface area (Å²) < 4.78 is 6.58. The van der Waals surface area contributed by atoms with Gasteiger partial charge in [-0.3, -0.25) is 0 Å². The van der Waals surface area contributed by atoms with Gasteiger partial charge in [0, 0.05) is 11.0 Å². The van der Waals surface area contributed by atoms with Crippen molar-refractivity contribution in [3.63, 3.8) is 0 Å². The molecular weight excluding hydrogens is 310 g/mol. The minimum Gasteiger partial charge on any atom is -0.465 e. The van der Waals surface area contributed by atoms with Crippen LogP contribution in [0.25, 0.3) is 0 Å². The van der Waals surface area contributed by atoms with Crippen LogP contribution in [-0.4, -0.2) is 29.3 Å². The van der Waals surface area contributed by atoms with Gasteiger partial charge in [-0.2, -0.15) is 0 Å². The van der Waals surface area contributed by atoms with E-state index in [2.05, 4.69) is 28.1 Å². The van der Waals surface area contributed by atoms with Gasteiger partial charge < -0.3 is 14.7 Å². The molecule has 4 nitrogen and oxygen atoms in total. The van der Waals surface area contributed by atoms with Crippen LogP contribution >= 0.6 is 15.9 Å². The van der Waals surface area contributed by atoms with Crippen molar-refractivity contribution < 1.29 is 14.6 Å². The number of carbonyl (C=O) groups is 1. The average Bonchev–Trinajstić information content (AvgIpc) is 2.86. The maximum Gasteiger partial charge on any atom is 0.407 e. The number of benzene rings is 1. The molecule has 3 rings (SSSR count). The molecule has 1 saturated heterocycles. The van der Waals surface area contributed by atoms with E-state index in [0.29, 0.717) is 13.2 Å². The van der Waals surface area contributed by atoms with Crippen LogP contribution in [0, 0.1) is 0 Å². The maximum absolute atomic E-state index is 11.3. The second-order valence-electron chi connectivity index (χ2n) is 5.07. The van der Waals surface area contributed by atoms with Gasteiger partial charge in [-0.05, 0) is 48.1 Å². The van der Waals surface area contributed by atoms with Crippen LogP contribution in [0.15, 0.2) is 16.6 Å². The fourth-order valence-corrected chi connectivity index (χ4v) is 3.61. The number of halogens is 1. The average molecular weight is 326 g/mol. The molecule has 0 aliphatic carbocycles. The number of likely N-dealkylation sites (tertiary alicyclic amines) is 1. The zero-order chi connectivity index (χ0) is 13.4.